The molecule has 1 heterocycles. The van der Waals surface area contributed by atoms with E-state index in [4.69, 9.17) is 4.74 Å². The maximum atomic E-state index is 13.0. The molecule has 0 aliphatic heterocycles. The Hall–Kier alpha value is -3.78. The minimum Gasteiger partial charge on any atom is -0.437 e. The maximum absolute atomic E-state index is 13.0. The quantitative estimate of drug-likeness (QED) is 0.523. The summed E-state index contributed by atoms with van der Waals surface area (Å²) < 4.78 is 29.4. The van der Waals surface area contributed by atoms with Gasteiger partial charge in [-0.2, -0.15) is 0 Å². The number of hydrogen-bond donors (Lipinski definition) is 1. The molecule has 0 saturated carbocycles. The fourth-order valence-electron chi connectivity index (χ4n) is 2.80. The van der Waals surface area contributed by atoms with Crippen LogP contribution in [0.4, 0.5) is 5.69 Å². The Morgan fingerprint density at radius 3 is 2.23 bits per heavy atom. The van der Waals surface area contributed by atoms with Crippen LogP contribution in [0.3, 0.4) is 0 Å². The van der Waals surface area contributed by atoms with Crippen molar-refractivity contribution >= 4 is 32.5 Å². The molecule has 0 fully saturated rings. The molecule has 1 N–H and O–H groups in total. The van der Waals surface area contributed by atoms with Crippen LogP contribution in [0.15, 0.2) is 83.8 Å². The highest BCUT2D eigenvalue weighted by atomic mass is 32.2. The molecule has 8 heteroatoms. The van der Waals surface area contributed by atoms with Crippen molar-refractivity contribution in [1.82, 2.24) is 9.97 Å². The van der Waals surface area contributed by atoms with E-state index in [2.05, 4.69) is 15.3 Å². The van der Waals surface area contributed by atoms with Gasteiger partial charge in [0, 0.05) is 11.9 Å². The molecule has 0 unspecified atom stereocenters. The van der Waals surface area contributed by atoms with E-state index in [1.165, 1.54) is 12.1 Å². The Morgan fingerprint density at radius 1 is 0.867 bits per heavy atom. The van der Waals surface area contributed by atoms with Crippen molar-refractivity contribution in [1.29, 1.82) is 0 Å². The number of para-hydroxylation sites is 3. The van der Waals surface area contributed by atoms with Crippen molar-refractivity contribution in [3.63, 3.8) is 0 Å². The van der Waals surface area contributed by atoms with Gasteiger partial charge in [0.1, 0.15) is 5.75 Å². The number of amides is 1. The zero-order valence-electron chi connectivity index (χ0n) is 15.9. The van der Waals surface area contributed by atoms with Gasteiger partial charge in [-0.05, 0) is 42.5 Å². The van der Waals surface area contributed by atoms with E-state index in [-0.39, 0.29) is 16.5 Å². The van der Waals surface area contributed by atoms with Crippen molar-refractivity contribution in [3.05, 3.63) is 84.6 Å². The second kappa shape index (κ2) is 7.92. The first-order chi connectivity index (χ1) is 14.4. The highest BCUT2D eigenvalue weighted by Crippen LogP contribution is 2.26. The predicted molar refractivity (Wildman–Crippen MR) is 114 cm³/mol. The predicted octanol–water partition coefficient (Wildman–Crippen LogP) is 4.08. The highest BCUT2D eigenvalue weighted by Gasteiger charge is 2.19. The van der Waals surface area contributed by atoms with Crippen molar-refractivity contribution in [3.8, 4) is 11.6 Å². The summed E-state index contributed by atoms with van der Waals surface area (Å²) in [6.45, 7) is 0. The van der Waals surface area contributed by atoms with Crippen LogP contribution in [0.25, 0.3) is 11.0 Å². The Labute approximate surface area is 173 Å². The van der Waals surface area contributed by atoms with E-state index in [0.29, 0.717) is 22.5 Å². The van der Waals surface area contributed by atoms with Crippen LogP contribution < -0.4 is 10.1 Å². The summed E-state index contributed by atoms with van der Waals surface area (Å²) in [5, 5.41) is 2.68. The Kier molecular flexibility index (Phi) is 5.16. The summed E-state index contributed by atoms with van der Waals surface area (Å²) in [5.41, 5.74) is 1.43. The normalized spacial score (nSPS) is 11.2. The first-order valence-electron chi connectivity index (χ1n) is 9.01. The number of hydrogen-bond acceptors (Lipinski definition) is 6. The third-order valence-corrected chi connectivity index (χ3v) is 5.34. The van der Waals surface area contributed by atoms with Crippen molar-refractivity contribution in [2.75, 3.05) is 11.6 Å². The lowest BCUT2D eigenvalue weighted by Gasteiger charge is -2.11. The molecule has 1 aromatic heterocycles. The number of nitrogens with one attached hydrogen (secondary N) is 1. The summed E-state index contributed by atoms with van der Waals surface area (Å²) in [7, 11) is -3.41. The zero-order chi connectivity index (χ0) is 21.1. The van der Waals surface area contributed by atoms with Crippen LogP contribution in [0.2, 0.25) is 0 Å². The molecule has 0 aliphatic rings. The lowest BCUT2D eigenvalue weighted by atomic mass is 10.2. The van der Waals surface area contributed by atoms with Gasteiger partial charge in [0.15, 0.2) is 15.5 Å². The van der Waals surface area contributed by atoms with Crippen molar-refractivity contribution < 1.29 is 17.9 Å². The summed E-state index contributed by atoms with van der Waals surface area (Å²) in [5.74, 6) is -0.00305. The molecule has 1 amide bonds. The van der Waals surface area contributed by atoms with Crippen LogP contribution in [-0.2, 0) is 9.84 Å². The molecule has 0 aliphatic carbocycles. The smallest absolute Gasteiger partial charge is 0.279 e. The average molecular weight is 419 g/mol. The number of sulfone groups is 1. The van der Waals surface area contributed by atoms with Gasteiger partial charge in [0.25, 0.3) is 11.8 Å². The number of carbonyl (C=O) groups is 1. The average Bonchev–Trinajstić information content (AvgIpc) is 2.73. The van der Waals surface area contributed by atoms with Gasteiger partial charge < -0.3 is 10.1 Å². The minimum absolute atomic E-state index is 0.0117. The molecule has 4 rings (SSSR count). The van der Waals surface area contributed by atoms with Gasteiger partial charge >= 0.3 is 0 Å². The van der Waals surface area contributed by atoms with E-state index in [1.807, 2.05) is 12.1 Å². The molecule has 0 atom stereocenters. The molecule has 0 spiro atoms. The number of aromatic nitrogens is 2. The summed E-state index contributed by atoms with van der Waals surface area (Å²) >= 11 is 0. The molecule has 4 aromatic rings. The number of carbonyl (C=O) groups excluding carboxylic acids is 1. The number of nitrogens with zero attached hydrogens (tertiary/aromatic N) is 2. The van der Waals surface area contributed by atoms with Gasteiger partial charge in [-0.25, -0.2) is 18.4 Å². The van der Waals surface area contributed by atoms with Crippen LogP contribution in [0.1, 0.15) is 10.5 Å². The van der Waals surface area contributed by atoms with E-state index < -0.39 is 15.7 Å². The SMILES string of the molecule is CS(=O)(=O)c1cccc(NC(=O)c2nc3ccccc3nc2Oc2ccccc2)c1. The number of fused-ring (bicyclic) bond motifs is 1. The second-order valence-corrected chi connectivity index (χ2v) is 8.55. The van der Waals surface area contributed by atoms with E-state index in [0.717, 1.165) is 6.26 Å². The van der Waals surface area contributed by atoms with Crippen molar-refractivity contribution in [2.45, 2.75) is 4.90 Å². The maximum Gasteiger partial charge on any atom is 0.279 e. The third-order valence-electron chi connectivity index (χ3n) is 4.23. The van der Waals surface area contributed by atoms with Gasteiger partial charge in [-0.1, -0.05) is 36.4 Å². The van der Waals surface area contributed by atoms with Crippen molar-refractivity contribution in [2.24, 2.45) is 0 Å². The number of ether oxygens (including phenoxy) is 1. The summed E-state index contributed by atoms with van der Waals surface area (Å²) in [6, 6.07) is 22.1. The van der Waals surface area contributed by atoms with Crippen LogP contribution in [-0.4, -0.2) is 30.5 Å². The number of rotatable bonds is 5. The molecule has 7 nitrogen and oxygen atoms in total. The fraction of sp³-hybridized carbons (Fsp3) is 0.0455. The van der Waals surface area contributed by atoms with Crippen LogP contribution in [0.5, 0.6) is 11.6 Å². The van der Waals surface area contributed by atoms with Crippen LogP contribution >= 0.6 is 0 Å². The van der Waals surface area contributed by atoms with Gasteiger partial charge in [-0.3, -0.25) is 4.79 Å². The molecule has 0 bridgehead atoms. The molecular weight excluding hydrogens is 402 g/mol. The third kappa shape index (κ3) is 4.28. The number of anilines is 1. The van der Waals surface area contributed by atoms with Gasteiger partial charge in [-0.15, -0.1) is 0 Å². The minimum atomic E-state index is -3.41. The van der Waals surface area contributed by atoms with E-state index >= 15 is 0 Å². The summed E-state index contributed by atoms with van der Waals surface area (Å²) in [6.07, 6.45) is 1.11. The highest BCUT2D eigenvalue weighted by molar-refractivity contribution is 7.90. The monoisotopic (exact) mass is 419 g/mol. The number of benzene rings is 3. The molecule has 0 radical (unpaired) electrons. The Morgan fingerprint density at radius 2 is 1.53 bits per heavy atom. The van der Waals surface area contributed by atoms with E-state index in [1.54, 1.807) is 54.6 Å². The summed E-state index contributed by atoms with van der Waals surface area (Å²) in [4.78, 5) is 22.0. The first-order valence-corrected chi connectivity index (χ1v) is 10.9. The molecule has 0 saturated heterocycles. The Bertz CT molecular complexity index is 1340. The lowest BCUT2D eigenvalue weighted by Crippen LogP contribution is -2.16. The molecule has 3 aromatic carbocycles. The fourth-order valence-corrected chi connectivity index (χ4v) is 3.46. The Balaban J connectivity index is 1.73. The lowest BCUT2D eigenvalue weighted by molar-refractivity contribution is 0.101. The van der Waals surface area contributed by atoms with Gasteiger partial charge in [0.05, 0.1) is 15.9 Å². The topological polar surface area (TPSA) is 98.2 Å². The molecule has 150 valence electrons. The second-order valence-electron chi connectivity index (χ2n) is 6.54. The zero-order valence-corrected chi connectivity index (χ0v) is 16.8. The largest absolute Gasteiger partial charge is 0.437 e. The molecule has 30 heavy (non-hydrogen) atoms. The van der Waals surface area contributed by atoms with Crippen LogP contribution in [0, 0.1) is 0 Å². The molecular formula is C22H17N3O4S. The van der Waals surface area contributed by atoms with Gasteiger partial charge in [0.2, 0.25) is 0 Å². The van der Waals surface area contributed by atoms with E-state index in [9.17, 15) is 13.2 Å². The first kappa shape index (κ1) is 19.5. The standard InChI is InChI=1S/C22H17N3O4S/c1-30(27,28)17-11-7-8-15(14-17)23-21(26)20-22(29-16-9-3-2-4-10-16)25-19-13-6-5-12-18(19)24-20/h2-14H,1H3,(H,23,26).